The van der Waals surface area contributed by atoms with Gasteiger partial charge in [-0.05, 0) is 42.9 Å². The van der Waals surface area contributed by atoms with E-state index in [2.05, 4.69) is 0 Å². The number of hydrogen-bond acceptors (Lipinski definition) is 2. The largest absolute Gasteiger partial charge is 0.508 e. The summed E-state index contributed by atoms with van der Waals surface area (Å²) < 4.78 is 0. The maximum Gasteiger partial charge on any atom is 0.307 e. The van der Waals surface area contributed by atoms with Crippen LogP contribution in [0.15, 0.2) is 24.3 Å². The van der Waals surface area contributed by atoms with Crippen LogP contribution < -0.4 is 0 Å². The molecule has 0 aliphatic heterocycles. The van der Waals surface area contributed by atoms with Crippen molar-refractivity contribution in [2.45, 2.75) is 24.7 Å². The summed E-state index contributed by atoms with van der Waals surface area (Å²) in [6, 6.07) is 7.04. The topological polar surface area (TPSA) is 57.5 Å². The first kappa shape index (κ1) is 9.70. The number of carboxylic acid groups (broad SMARTS) is 1. The van der Waals surface area contributed by atoms with Gasteiger partial charge in [0.05, 0.1) is 5.92 Å². The van der Waals surface area contributed by atoms with E-state index in [1.165, 1.54) is 0 Å². The van der Waals surface area contributed by atoms with Gasteiger partial charge in [0.15, 0.2) is 0 Å². The molecular formula is C13H14O3. The Bertz CT molecular complexity index is 433. The third-order valence-corrected chi connectivity index (χ3v) is 4.01. The molecular weight excluding hydrogens is 204 g/mol. The number of carboxylic acids is 1. The van der Waals surface area contributed by atoms with Gasteiger partial charge in [0.25, 0.3) is 0 Å². The smallest absolute Gasteiger partial charge is 0.307 e. The number of phenolic OH excluding ortho intramolecular Hbond substituents is 1. The van der Waals surface area contributed by atoms with Gasteiger partial charge in [-0.25, -0.2) is 0 Å². The van der Waals surface area contributed by atoms with Crippen LogP contribution in [0.1, 0.15) is 24.8 Å². The molecule has 1 unspecified atom stereocenters. The average molecular weight is 218 g/mol. The van der Waals surface area contributed by atoms with E-state index in [1.54, 1.807) is 12.1 Å². The second kappa shape index (κ2) is 3.00. The van der Waals surface area contributed by atoms with Crippen LogP contribution in [-0.2, 0) is 10.2 Å². The second-order valence-electron chi connectivity index (χ2n) is 4.96. The zero-order valence-electron chi connectivity index (χ0n) is 8.89. The Labute approximate surface area is 93.7 Å². The summed E-state index contributed by atoms with van der Waals surface area (Å²) in [6.07, 6.45) is 3.05. The van der Waals surface area contributed by atoms with Crippen LogP contribution >= 0.6 is 0 Å². The monoisotopic (exact) mass is 218 g/mol. The van der Waals surface area contributed by atoms with Crippen molar-refractivity contribution < 1.29 is 15.0 Å². The first-order chi connectivity index (χ1) is 7.64. The van der Waals surface area contributed by atoms with Gasteiger partial charge in [0, 0.05) is 5.41 Å². The van der Waals surface area contributed by atoms with Crippen molar-refractivity contribution in [1.82, 2.24) is 0 Å². The average Bonchev–Trinajstić information content (AvgIpc) is 3.12. The van der Waals surface area contributed by atoms with Crippen molar-refractivity contribution in [3.8, 4) is 5.75 Å². The molecule has 2 aliphatic carbocycles. The molecule has 0 saturated heterocycles. The lowest BCUT2D eigenvalue weighted by atomic mass is 9.88. The Kier molecular flexibility index (Phi) is 1.82. The molecule has 0 spiro atoms. The van der Waals surface area contributed by atoms with E-state index in [9.17, 15) is 9.90 Å². The zero-order valence-corrected chi connectivity index (χ0v) is 8.89. The van der Waals surface area contributed by atoms with Crippen LogP contribution in [-0.4, -0.2) is 16.2 Å². The van der Waals surface area contributed by atoms with E-state index in [0.29, 0.717) is 5.92 Å². The van der Waals surface area contributed by atoms with Crippen LogP contribution in [0.2, 0.25) is 0 Å². The van der Waals surface area contributed by atoms with E-state index >= 15 is 0 Å². The summed E-state index contributed by atoms with van der Waals surface area (Å²) in [4.78, 5) is 11.1. The summed E-state index contributed by atoms with van der Waals surface area (Å²) in [5.41, 5.74) is 0.958. The molecule has 0 bridgehead atoms. The van der Waals surface area contributed by atoms with E-state index in [4.69, 9.17) is 5.11 Å². The van der Waals surface area contributed by atoms with Gasteiger partial charge < -0.3 is 10.2 Å². The van der Waals surface area contributed by atoms with E-state index in [0.717, 1.165) is 24.8 Å². The Morgan fingerprint density at radius 2 is 1.88 bits per heavy atom. The predicted octanol–water partition coefficient (Wildman–Crippen LogP) is 2.14. The van der Waals surface area contributed by atoms with Gasteiger partial charge in [-0.15, -0.1) is 0 Å². The van der Waals surface area contributed by atoms with Crippen molar-refractivity contribution in [3.63, 3.8) is 0 Å². The fourth-order valence-electron chi connectivity index (χ4n) is 2.96. The maximum atomic E-state index is 11.1. The molecule has 16 heavy (non-hydrogen) atoms. The van der Waals surface area contributed by atoms with Gasteiger partial charge >= 0.3 is 5.97 Å². The highest BCUT2D eigenvalue weighted by atomic mass is 16.4. The Morgan fingerprint density at radius 3 is 2.31 bits per heavy atom. The number of aromatic hydroxyl groups is 1. The lowest BCUT2D eigenvalue weighted by Gasteiger charge is -2.16. The van der Waals surface area contributed by atoms with Gasteiger partial charge in [-0.1, -0.05) is 12.1 Å². The molecule has 0 amide bonds. The minimum atomic E-state index is -0.681. The fourth-order valence-corrected chi connectivity index (χ4v) is 2.96. The highest BCUT2D eigenvalue weighted by molar-refractivity contribution is 5.77. The van der Waals surface area contributed by atoms with Crippen LogP contribution in [0.5, 0.6) is 5.75 Å². The minimum absolute atomic E-state index is 0.125. The van der Waals surface area contributed by atoms with Gasteiger partial charge in [0.2, 0.25) is 0 Å². The number of hydrogen-bond donors (Lipinski definition) is 2. The van der Waals surface area contributed by atoms with Crippen molar-refractivity contribution in [3.05, 3.63) is 29.8 Å². The first-order valence-corrected chi connectivity index (χ1v) is 5.67. The van der Waals surface area contributed by atoms with Gasteiger partial charge in [-0.3, -0.25) is 4.79 Å². The van der Waals surface area contributed by atoms with E-state index in [1.807, 2.05) is 12.1 Å². The summed E-state index contributed by atoms with van der Waals surface area (Å²) >= 11 is 0. The summed E-state index contributed by atoms with van der Waals surface area (Å²) in [5.74, 6) is -0.120. The summed E-state index contributed by atoms with van der Waals surface area (Å²) in [7, 11) is 0. The Hall–Kier alpha value is -1.51. The van der Waals surface area contributed by atoms with E-state index in [-0.39, 0.29) is 17.1 Å². The maximum absolute atomic E-state index is 11.1. The molecule has 2 N–H and O–H groups in total. The summed E-state index contributed by atoms with van der Waals surface area (Å²) in [5, 5.41) is 18.4. The lowest BCUT2D eigenvalue weighted by Crippen LogP contribution is -2.17. The second-order valence-corrected chi connectivity index (χ2v) is 4.96. The first-order valence-electron chi connectivity index (χ1n) is 5.67. The molecule has 0 heterocycles. The standard InChI is InChI=1S/C13H14O3/c14-10-5-3-9(4-6-10)13(8-1-2-8)7-11(13)12(15)16/h3-6,8,11,14H,1-2,7H2,(H,15,16)/t11-,13?/m0/s1. The van der Waals surface area contributed by atoms with Crippen LogP contribution in [0, 0.1) is 11.8 Å². The van der Waals surface area contributed by atoms with E-state index < -0.39 is 5.97 Å². The highest BCUT2D eigenvalue weighted by Gasteiger charge is 2.66. The number of benzene rings is 1. The molecule has 0 aromatic heterocycles. The van der Waals surface area contributed by atoms with Crippen LogP contribution in [0.3, 0.4) is 0 Å². The zero-order chi connectivity index (χ0) is 11.3. The number of phenols is 1. The minimum Gasteiger partial charge on any atom is -0.508 e. The van der Waals surface area contributed by atoms with Gasteiger partial charge in [0.1, 0.15) is 5.75 Å². The molecule has 1 aromatic carbocycles. The molecule has 2 saturated carbocycles. The van der Waals surface area contributed by atoms with Crippen molar-refractivity contribution in [2.75, 3.05) is 0 Å². The lowest BCUT2D eigenvalue weighted by molar-refractivity contribution is -0.139. The molecule has 3 rings (SSSR count). The van der Waals surface area contributed by atoms with Crippen molar-refractivity contribution in [2.24, 2.45) is 11.8 Å². The number of carbonyl (C=O) groups is 1. The highest BCUT2D eigenvalue weighted by Crippen LogP contribution is 2.66. The molecule has 2 atom stereocenters. The molecule has 3 heteroatoms. The van der Waals surface area contributed by atoms with Crippen LogP contribution in [0.4, 0.5) is 0 Å². The Morgan fingerprint density at radius 1 is 1.25 bits per heavy atom. The third-order valence-electron chi connectivity index (χ3n) is 4.01. The molecule has 0 radical (unpaired) electrons. The predicted molar refractivity (Wildman–Crippen MR) is 58.3 cm³/mol. The molecule has 2 fully saturated rings. The third kappa shape index (κ3) is 1.24. The van der Waals surface area contributed by atoms with Crippen LogP contribution in [0.25, 0.3) is 0 Å². The molecule has 3 nitrogen and oxygen atoms in total. The molecule has 1 aromatic rings. The van der Waals surface area contributed by atoms with Gasteiger partial charge in [-0.2, -0.15) is 0 Å². The SMILES string of the molecule is O=C(O)[C@@H]1CC1(c1ccc(O)cc1)C1CC1. The molecule has 2 aliphatic rings. The quantitative estimate of drug-likeness (QED) is 0.817. The fraction of sp³-hybridized carbons (Fsp3) is 0.462. The Balaban J connectivity index is 1.96. The number of aliphatic carboxylic acids is 1. The van der Waals surface area contributed by atoms with Crippen molar-refractivity contribution >= 4 is 5.97 Å². The number of rotatable bonds is 3. The molecule has 84 valence electrons. The normalized spacial score (nSPS) is 32.4. The van der Waals surface area contributed by atoms with Crippen molar-refractivity contribution in [1.29, 1.82) is 0 Å². The summed E-state index contributed by atoms with van der Waals surface area (Å²) in [6.45, 7) is 0.